The van der Waals surface area contributed by atoms with Crippen molar-refractivity contribution in [1.29, 1.82) is 0 Å². The van der Waals surface area contributed by atoms with Gasteiger partial charge < -0.3 is 14.2 Å². The molecule has 1 atom stereocenters. The van der Waals surface area contributed by atoms with Gasteiger partial charge in [0.25, 0.3) is 0 Å². The van der Waals surface area contributed by atoms with E-state index in [9.17, 15) is 4.79 Å². The molecule has 0 radical (unpaired) electrons. The molecule has 0 aromatic carbocycles. The predicted molar refractivity (Wildman–Crippen MR) is 93.4 cm³/mol. The number of ether oxygens (including phenoxy) is 1. The Kier molecular flexibility index (Phi) is 5.31. The Morgan fingerprint density at radius 1 is 1.04 bits per heavy atom. The van der Waals surface area contributed by atoms with E-state index in [4.69, 9.17) is 4.74 Å². The first-order valence-corrected chi connectivity index (χ1v) is 9.81. The smallest absolute Gasteiger partial charge is 0.236 e. The minimum absolute atomic E-state index is 0.240. The van der Waals surface area contributed by atoms with Crippen LogP contribution in [0.5, 0.6) is 0 Å². The summed E-state index contributed by atoms with van der Waals surface area (Å²) in [5.41, 5.74) is 0. The number of nitrogens with zero attached hydrogens (tertiary/aromatic N) is 5. The van der Waals surface area contributed by atoms with Crippen LogP contribution in [0.4, 0.5) is 0 Å². The normalized spacial score (nSPS) is 25.4. The van der Waals surface area contributed by atoms with E-state index in [-0.39, 0.29) is 5.91 Å². The molecule has 4 heterocycles. The van der Waals surface area contributed by atoms with Crippen molar-refractivity contribution in [3.05, 3.63) is 11.6 Å². The van der Waals surface area contributed by atoms with E-state index in [0.717, 1.165) is 63.6 Å². The number of morpholine rings is 1. The number of aryl methyl sites for hydroxylation is 1. The van der Waals surface area contributed by atoms with Gasteiger partial charge in [0, 0.05) is 38.5 Å². The molecule has 138 valence electrons. The summed E-state index contributed by atoms with van der Waals surface area (Å²) in [6.07, 6.45) is 7.07. The van der Waals surface area contributed by atoms with Crippen LogP contribution in [-0.4, -0.2) is 76.4 Å². The molecule has 1 aromatic heterocycles. The second kappa shape index (κ2) is 7.83. The third kappa shape index (κ3) is 3.87. The van der Waals surface area contributed by atoms with Crippen molar-refractivity contribution in [1.82, 2.24) is 24.6 Å². The highest BCUT2D eigenvalue weighted by atomic mass is 16.5. The lowest BCUT2D eigenvalue weighted by Gasteiger charge is -2.34. The minimum atomic E-state index is 0.240. The second-order valence-corrected chi connectivity index (χ2v) is 7.50. The van der Waals surface area contributed by atoms with Crippen molar-refractivity contribution in [3.8, 4) is 0 Å². The Morgan fingerprint density at radius 2 is 1.92 bits per heavy atom. The van der Waals surface area contributed by atoms with Crippen molar-refractivity contribution in [2.75, 3.05) is 45.9 Å². The van der Waals surface area contributed by atoms with Crippen molar-refractivity contribution < 1.29 is 9.53 Å². The molecule has 0 saturated carbocycles. The fourth-order valence-electron chi connectivity index (χ4n) is 4.32. The summed E-state index contributed by atoms with van der Waals surface area (Å²) < 4.78 is 7.71. The highest BCUT2D eigenvalue weighted by Gasteiger charge is 2.29. The van der Waals surface area contributed by atoms with Crippen molar-refractivity contribution >= 4 is 5.91 Å². The molecule has 2 fully saturated rings. The van der Waals surface area contributed by atoms with Crippen LogP contribution in [0.3, 0.4) is 0 Å². The highest BCUT2D eigenvalue weighted by molar-refractivity contribution is 5.78. The van der Waals surface area contributed by atoms with Gasteiger partial charge in [0.2, 0.25) is 5.91 Å². The Balaban J connectivity index is 1.39. The van der Waals surface area contributed by atoms with E-state index in [0.29, 0.717) is 25.7 Å². The summed E-state index contributed by atoms with van der Waals surface area (Å²) in [5.74, 6) is 2.96. The van der Waals surface area contributed by atoms with Gasteiger partial charge in [0.1, 0.15) is 11.6 Å². The maximum absolute atomic E-state index is 12.5. The van der Waals surface area contributed by atoms with E-state index >= 15 is 0 Å². The number of fused-ring (bicyclic) bond motifs is 1. The molecule has 4 rings (SSSR count). The first kappa shape index (κ1) is 17.0. The molecule has 3 aliphatic rings. The molecule has 7 nitrogen and oxygen atoms in total. The van der Waals surface area contributed by atoms with Crippen molar-refractivity contribution in [3.63, 3.8) is 0 Å². The molecule has 1 unspecified atom stereocenters. The molecule has 1 amide bonds. The van der Waals surface area contributed by atoms with Crippen molar-refractivity contribution in [2.45, 2.75) is 51.0 Å². The van der Waals surface area contributed by atoms with Gasteiger partial charge in [0.05, 0.1) is 19.8 Å². The summed E-state index contributed by atoms with van der Waals surface area (Å²) in [4.78, 5) is 16.8. The van der Waals surface area contributed by atoms with Crippen LogP contribution in [0, 0.1) is 0 Å². The molecule has 25 heavy (non-hydrogen) atoms. The maximum atomic E-state index is 12.5. The Bertz CT molecular complexity index is 596. The standard InChI is InChI=1S/C18H29N5O2/c24-17(22-9-11-25-12-10-22)14-21-7-4-5-15(13-21)18-20-19-16-6-2-1-3-8-23(16)18/h15H,1-14H2. The lowest BCUT2D eigenvalue weighted by molar-refractivity contribution is -0.136. The molecule has 0 aliphatic carbocycles. The summed E-state index contributed by atoms with van der Waals surface area (Å²) in [7, 11) is 0. The number of carbonyl (C=O) groups excluding carboxylic acids is 1. The van der Waals surface area contributed by atoms with E-state index < -0.39 is 0 Å². The van der Waals surface area contributed by atoms with Crippen LogP contribution in [0.25, 0.3) is 0 Å². The van der Waals surface area contributed by atoms with Crippen LogP contribution in [0.2, 0.25) is 0 Å². The molecule has 2 saturated heterocycles. The average molecular weight is 347 g/mol. The fraction of sp³-hybridized carbons (Fsp3) is 0.833. The average Bonchev–Trinajstić information content (AvgIpc) is 2.91. The number of likely N-dealkylation sites (tertiary alicyclic amines) is 1. The molecule has 3 aliphatic heterocycles. The van der Waals surface area contributed by atoms with Gasteiger partial charge in [-0.1, -0.05) is 6.42 Å². The van der Waals surface area contributed by atoms with E-state index in [2.05, 4.69) is 19.7 Å². The Hall–Kier alpha value is -1.47. The number of hydrogen-bond acceptors (Lipinski definition) is 5. The Labute approximate surface area is 149 Å². The molecule has 1 aromatic rings. The summed E-state index contributed by atoms with van der Waals surface area (Å²) in [6.45, 7) is 6.31. The first-order valence-electron chi connectivity index (χ1n) is 9.81. The molecular formula is C18H29N5O2. The number of carbonyl (C=O) groups is 1. The fourth-order valence-corrected chi connectivity index (χ4v) is 4.32. The number of piperidine rings is 1. The topological polar surface area (TPSA) is 63.5 Å². The number of amides is 1. The predicted octanol–water partition coefficient (Wildman–Crippen LogP) is 1.04. The Morgan fingerprint density at radius 3 is 2.80 bits per heavy atom. The molecule has 0 N–H and O–H groups in total. The number of aromatic nitrogens is 3. The van der Waals surface area contributed by atoms with E-state index in [1.54, 1.807) is 0 Å². The monoisotopic (exact) mass is 347 g/mol. The zero-order valence-electron chi connectivity index (χ0n) is 15.0. The van der Waals surface area contributed by atoms with Crippen LogP contribution in [0.15, 0.2) is 0 Å². The van der Waals surface area contributed by atoms with Crippen molar-refractivity contribution in [2.24, 2.45) is 0 Å². The van der Waals surface area contributed by atoms with Gasteiger partial charge in [-0.25, -0.2) is 0 Å². The van der Waals surface area contributed by atoms with Gasteiger partial charge in [-0.05, 0) is 32.2 Å². The molecular weight excluding hydrogens is 318 g/mol. The van der Waals surface area contributed by atoms with Gasteiger partial charge in [0.15, 0.2) is 0 Å². The third-order valence-corrected chi connectivity index (χ3v) is 5.73. The summed E-state index contributed by atoms with van der Waals surface area (Å²) in [5, 5.41) is 9.00. The van der Waals surface area contributed by atoms with Gasteiger partial charge in [-0.15, -0.1) is 10.2 Å². The van der Waals surface area contributed by atoms with Gasteiger partial charge >= 0.3 is 0 Å². The quantitative estimate of drug-likeness (QED) is 0.818. The van der Waals surface area contributed by atoms with Gasteiger partial charge in [-0.3, -0.25) is 9.69 Å². The first-order chi connectivity index (χ1) is 12.3. The zero-order valence-corrected chi connectivity index (χ0v) is 15.0. The largest absolute Gasteiger partial charge is 0.378 e. The van der Waals surface area contributed by atoms with Gasteiger partial charge in [-0.2, -0.15) is 0 Å². The van der Waals surface area contributed by atoms with Crippen LogP contribution < -0.4 is 0 Å². The molecule has 0 bridgehead atoms. The van der Waals surface area contributed by atoms with Crippen LogP contribution >= 0.6 is 0 Å². The minimum Gasteiger partial charge on any atom is -0.378 e. The number of rotatable bonds is 3. The third-order valence-electron chi connectivity index (χ3n) is 5.73. The second-order valence-electron chi connectivity index (χ2n) is 7.50. The lowest BCUT2D eigenvalue weighted by atomic mass is 9.97. The lowest BCUT2D eigenvalue weighted by Crippen LogP contribution is -2.47. The zero-order chi connectivity index (χ0) is 17.1. The van der Waals surface area contributed by atoms with Crippen LogP contribution in [-0.2, 0) is 22.5 Å². The van der Waals surface area contributed by atoms with E-state index in [1.165, 1.54) is 19.3 Å². The maximum Gasteiger partial charge on any atom is 0.236 e. The summed E-state index contributed by atoms with van der Waals surface area (Å²) in [6, 6.07) is 0. The number of hydrogen-bond donors (Lipinski definition) is 0. The molecule has 0 spiro atoms. The van der Waals surface area contributed by atoms with E-state index in [1.807, 2.05) is 4.90 Å². The SMILES string of the molecule is O=C(CN1CCCC(c2nnc3n2CCCCC3)C1)N1CCOCC1. The van der Waals surface area contributed by atoms with Crippen LogP contribution in [0.1, 0.15) is 49.7 Å². The molecule has 7 heteroatoms. The summed E-state index contributed by atoms with van der Waals surface area (Å²) >= 11 is 0. The highest BCUT2D eigenvalue weighted by Crippen LogP contribution is 2.28.